The van der Waals surface area contributed by atoms with E-state index in [9.17, 15) is 0 Å². The Bertz CT molecular complexity index is 337. The van der Waals surface area contributed by atoms with E-state index >= 15 is 0 Å². The minimum absolute atomic E-state index is 0.406. The van der Waals surface area contributed by atoms with E-state index in [0.29, 0.717) is 16.9 Å². The maximum atomic E-state index is 6.15. The maximum absolute atomic E-state index is 6.15. The fourth-order valence-corrected chi connectivity index (χ4v) is 2.19. The molecule has 0 saturated heterocycles. The minimum atomic E-state index is 0.406. The summed E-state index contributed by atoms with van der Waals surface area (Å²) in [7, 11) is 0. The lowest BCUT2D eigenvalue weighted by atomic mass is 10.0. The topological polar surface area (TPSA) is 12.0 Å². The van der Waals surface area contributed by atoms with E-state index in [1.54, 1.807) is 6.07 Å². The predicted molar refractivity (Wildman–Crippen MR) is 72.6 cm³/mol. The number of halogens is 2. The summed E-state index contributed by atoms with van der Waals surface area (Å²) in [4.78, 5) is 0. The lowest BCUT2D eigenvalue weighted by Gasteiger charge is -2.15. The highest BCUT2D eigenvalue weighted by atomic mass is 35.5. The number of benzene rings is 1. The molecule has 0 aliphatic carbocycles. The molecule has 1 N–H and O–H groups in total. The summed E-state index contributed by atoms with van der Waals surface area (Å²) in [5.74, 6) is 1.08. The van der Waals surface area contributed by atoms with Gasteiger partial charge in [-0.15, -0.1) is 0 Å². The van der Waals surface area contributed by atoms with Crippen LogP contribution in [0.15, 0.2) is 18.2 Å². The summed E-state index contributed by atoms with van der Waals surface area (Å²) < 4.78 is 0. The number of hydrogen-bond acceptors (Lipinski definition) is 1. The molecule has 0 amide bonds. The first-order valence-corrected chi connectivity index (χ1v) is 6.42. The lowest BCUT2D eigenvalue weighted by Crippen LogP contribution is -2.24. The second-order valence-electron chi connectivity index (χ2n) is 4.62. The smallest absolute Gasteiger partial charge is 0.0456 e. The summed E-state index contributed by atoms with van der Waals surface area (Å²) in [6.45, 7) is 8.55. The Labute approximate surface area is 108 Å². The first-order chi connectivity index (χ1) is 7.50. The normalized spacial score (nSPS) is 13.1. The van der Waals surface area contributed by atoms with Crippen LogP contribution in [0.5, 0.6) is 0 Å². The Morgan fingerprint density at radius 3 is 2.38 bits per heavy atom. The third-order valence-electron chi connectivity index (χ3n) is 2.50. The van der Waals surface area contributed by atoms with Crippen molar-refractivity contribution in [3.05, 3.63) is 33.8 Å². The van der Waals surface area contributed by atoms with Crippen molar-refractivity contribution in [2.45, 2.75) is 26.7 Å². The van der Waals surface area contributed by atoms with E-state index in [-0.39, 0.29) is 0 Å². The molecule has 1 atom stereocenters. The third kappa shape index (κ3) is 4.32. The molecule has 0 bridgehead atoms. The van der Waals surface area contributed by atoms with Gasteiger partial charge in [0.05, 0.1) is 0 Å². The predicted octanol–water partition coefficient (Wildman–Crippen LogP) is 4.34. The van der Waals surface area contributed by atoms with Gasteiger partial charge in [-0.25, -0.2) is 0 Å². The number of nitrogens with one attached hydrogen (secondary N) is 1. The lowest BCUT2D eigenvalue weighted by molar-refractivity contribution is 0.529. The molecule has 0 aliphatic heterocycles. The zero-order valence-electron chi connectivity index (χ0n) is 10.1. The van der Waals surface area contributed by atoms with Gasteiger partial charge >= 0.3 is 0 Å². The van der Waals surface area contributed by atoms with Gasteiger partial charge in [0.25, 0.3) is 0 Å². The molecule has 0 heterocycles. The fourth-order valence-electron chi connectivity index (χ4n) is 1.60. The van der Waals surface area contributed by atoms with Crippen molar-refractivity contribution in [2.75, 3.05) is 13.1 Å². The van der Waals surface area contributed by atoms with E-state index in [2.05, 4.69) is 26.1 Å². The molecule has 16 heavy (non-hydrogen) atoms. The second kappa shape index (κ2) is 6.48. The van der Waals surface area contributed by atoms with Gasteiger partial charge in [-0.2, -0.15) is 0 Å². The Hall–Kier alpha value is -0.240. The second-order valence-corrected chi connectivity index (χ2v) is 5.46. The van der Waals surface area contributed by atoms with Gasteiger partial charge in [-0.1, -0.05) is 50.0 Å². The van der Waals surface area contributed by atoms with Gasteiger partial charge in [0, 0.05) is 16.6 Å². The van der Waals surface area contributed by atoms with Crippen LogP contribution in [0.3, 0.4) is 0 Å². The van der Waals surface area contributed by atoms with Crippen molar-refractivity contribution in [3.63, 3.8) is 0 Å². The van der Waals surface area contributed by atoms with Crippen molar-refractivity contribution >= 4 is 23.2 Å². The van der Waals surface area contributed by atoms with E-state index < -0.39 is 0 Å². The number of hydrogen-bond donors (Lipinski definition) is 1. The molecular weight excluding hydrogens is 241 g/mol. The Morgan fingerprint density at radius 1 is 1.12 bits per heavy atom. The largest absolute Gasteiger partial charge is 0.316 e. The summed E-state index contributed by atoms with van der Waals surface area (Å²) in [6.07, 6.45) is 0. The molecule has 0 aliphatic rings. The molecule has 1 unspecified atom stereocenters. The van der Waals surface area contributed by atoms with Crippen molar-refractivity contribution in [3.8, 4) is 0 Å². The summed E-state index contributed by atoms with van der Waals surface area (Å²) in [5.41, 5.74) is 1.15. The van der Waals surface area contributed by atoms with Crippen LogP contribution in [0, 0.1) is 5.92 Å². The van der Waals surface area contributed by atoms with E-state index in [1.165, 1.54) is 0 Å². The van der Waals surface area contributed by atoms with Gasteiger partial charge < -0.3 is 5.32 Å². The average molecular weight is 260 g/mol. The Balaban J connectivity index is 2.55. The van der Waals surface area contributed by atoms with E-state index in [0.717, 1.165) is 23.7 Å². The Kier molecular flexibility index (Phi) is 5.60. The van der Waals surface area contributed by atoms with Crippen LogP contribution in [0.2, 0.25) is 10.0 Å². The molecule has 0 radical (unpaired) electrons. The van der Waals surface area contributed by atoms with Crippen LogP contribution in [0.25, 0.3) is 0 Å². The molecule has 90 valence electrons. The molecule has 0 saturated carbocycles. The summed E-state index contributed by atoms with van der Waals surface area (Å²) in [6, 6.07) is 5.70. The van der Waals surface area contributed by atoms with Crippen LogP contribution in [-0.2, 0) is 0 Å². The van der Waals surface area contributed by atoms with Crippen molar-refractivity contribution < 1.29 is 0 Å². The SMILES string of the molecule is CC(C)CNCC(C)c1ccc(Cl)cc1Cl. The molecule has 0 aromatic heterocycles. The molecule has 1 aromatic carbocycles. The molecule has 3 heteroatoms. The molecule has 1 rings (SSSR count). The van der Waals surface area contributed by atoms with Crippen LogP contribution in [-0.4, -0.2) is 13.1 Å². The van der Waals surface area contributed by atoms with Crippen LogP contribution < -0.4 is 5.32 Å². The quantitative estimate of drug-likeness (QED) is 0.830. The van der Waals surface area contributed by atoms with Crippen LogP contribution in [0.1, 0.15) is 32.3 Å². The highest BCUT2D eigenvalue weighted by molar-refractivity contribution is 6.35. The molecule has 0 fully saturated rings. The highest BCUT2D eigenvalue weighted by Gasteiger charge is 2.09. The van der Waals surface area contributed by atoms with Gasteiger partial charge in [0.1, 0.15) is 0 Å². The average Bonchev–Trinajstić information content (AvgIpc) is 2.16. The van der Waals surface area contributed by atoms with Gasteiger partial charge in [-0.3, -0.25) is 0 Å². The third-order valence-corrected chi connectivity index (χ3v) is 3.06. The maximum Gasteiger partial charge on any atom is 0.0456 e. The van der Waals surface area contributed by atoms with Crippen LogP contribution >= 0.6 is 23.2 Å². The summed E-state index contributed by atoms with van der Waals surface area (Å²) >= 11 is 12.0. The molecule has 1 nitrogen and oxygen atoms in total. The van der Waals surface area contributed by atoms with Gasteiger partial charge in [-0.05, 0) is 36.1 Å². The highest BCUT2D eigenvalue weighted by Crippen LogP contribution is 2.26. The standard InChI is InChI=1S/C13H19Cl2N/c1-9(2)7-16-8-10(3)12-5-4-11(14)6-13(12)15/h4-6,9-10,16H,7-8H2,1-3H3. The van der Waals surface area contributed by atoms with E-state index in [1.807, 2.05) is 12.1 Å². The monoisotopic (exact) mass is 259 g/mol. The molecule has 1 aromatic rings. The molecular formula is C13H19Cl2N. The van der Waals surface area contributed by atoms with Gasteiger partial charge in [0.2, 0.25) is 0 Å². The zero-order valence-corrected chi connectivity index (χ0v) is 11.6. The first kappa shape index (κ1) is 13.8. The molecule has 0 spiro atoms. The van der Waals surface area contributed by atoms with Crippen LogP contribution in [0.4, 0.5) is 0 Å². The Morgan fingerprint density at radius 2 is 1.81 bits per heavy atom. The zero-order chi connectivity index (χ0) is 12.1. The fraction of sp³-hybridized carbons (Fsp3) is 0.538. The van der Waals surface area contributed by atoms with Crippen molar-refractivity contribution in [1.82, 2.24) is 5.32 Å². The van der Waals surface area contributed by atoms with Crippen molar-refractivity contribution in [2.24, 2.45) is 5.92 Å². The van der Waals surface area contributed by atoms with Gasteiger partial charge in [0.15, 0.2) is 0 Å². The summed E-state index contributed by atoms with van der Waals surface area (Å²) in [5, 5.41) is 4.88. The number of rotatable bonds is 5. The minimum Gasteiger partial charge on any atom is -0.316 e. The van der Waals surface area contributed by atoms with Crippen molar-refractivity contribution in [1.29, 1.82) is 0 Å². The van der Waals surface area contributed by atoms with E-state index in [4.69, 9.17) is 23.2 Å². The first-order valence-electron chi connectivity index (χ1n) is 5.66.